The van der Waals surface area contributed by atoms with Gasteiger partial charge in [-0.15, -0.1) is 11.3 Å². The highest BCUT2D eigenvalue weighted by Crippen LogP contribution is 2.33. The first-order valence-electron chi connectivity index (χ1n) is 6.28. The Morgan fingerprint density at radius 3 is 2.45 bits per heavy atom. The highest BCUT2D eigenvalue weighted by Gasteiger charge is 2.22. The normalized spacial score (nSPS) is 11.2. The molecule has 0 radical (unpaired) electrons. The van der Waals surface area contributed by atoms with E-state index in [0.717, 1.165) is 21.1 Å². The summed E-state index contributed by atoms with van der Waals surface area (Å²) < 4.78 is 1.75. The number of aromatic nitrogens is 2. The molecule has 4 nitrogen and oxygen atoms in total. The minimum absolute atomic E-state index is 0.250. The van der Waals surface area contributed by atoms with Crippen molar-refractivity contribution in [3.8, 4) is 11.3 Å². The fraction of sp³-hybridized carbons (Fsp3) is 0.200. The third kappa shape index (κ3) is 1.82. The Balaban J connectivity index is 2.37. The van der Waals surface area contributed by atoms with Gasteiger partial charge >= 0.3 is 5.97 Å². The molecule has 0 aliphatic rings. The maximum absolute atomic E-state index is 11.5. The SMILES string of the molecule is Cc1ccc(-c2c(C)sc3nc(C)c(C(=O)O)n23)cc1. The van der Waals surface area contributed by atoms with Crippen LogP contribution in [0.4, 0.5) is 0 Å². The van der Waals surface area contributed by atoms with Crippen molar-refractivity contribution in [2.75, 3.05) is 0 Å². The maximum Gasteiger partial charge on any atom is 0.354 e. The second-order valence-corrected chi connectivity index (χ2v) is 6.02. The molecule has 0 saturated carbocycles. The van der Waals surface area contributed by atoms with Crippen molar-refractivity contribution >= 4 is 22.3 Å². The van der Waals surface area contributed by atoms with Crippen molar-refractivity contribution < 1.29 is 9.90 Å². The summed E-state index contributed by atoms with van der Waals surface area (Å²) in [5.74, 6) is -0.943. The summed E-state index contributed by atoms with van der Waals surface area (Å²) in [7, 11) is 0. The predicted molar refractivity (Wildman–Crippen MR) is 79.7 cm³/mol. The topological polar surface area (TPSA) is 54.6 Å². The highest BCUT2D eigenvalue weighted by atomic mass is 32.1. The first kappa shape index (κ1) is 12.9. The minimum Gasteiger partial charge on any atom is -0.477 e. The molecule has 5 heteroatoms. The molecule has 1 N–H and O–H groups in total. The Bertz CT molecular complexity index is 813. The zero-order valence-corrected chi connectivity index (χ0v) is 12.3. The number of imidazole rings is 1. The lowest BCUT2D eigenvalue weighted by molar-refractivity contribution is 0.0688. The molecule has 0 fully saturated rings. The van der Waals surface area contributed by atoms with Crippen molar-refractivity contribution in [3.63, 3.8) is 0 Å². The van der Waals surface area contributed by atoms with Crippen LogP contribution in [0.1, 0.15) is 26.6 Å². The van der Waals surface area contributed by atoms with E-state index in [-0.39, 0.29) is 5.69 Å². The number of hydrogen-bond donors (Lipinski definition) is 1. The standard InChI is InChI=1S/C15H14N2O2S/c1-8-4-6-11(7-5-8)13-10(3)20-15-16-9(2)12(14(18)19)17(13)15/h4-7H,1-3H3,(H,18,19). The van der Waals surface area contributed by atoms with Gasteiger partial charge in [-0.25, -0.2) is 9.78 Å². The number of thiazole rings is 1. The summed E-state index contributed by atoms with van der Waals surface area (Å²) in [6.07, 6.45) is 0. The van der Waals surface area contributed by atoms with Gasteiger partial charge in [-0.3, -0.25) is 4.40 Å². The molecule has 3 aromatic rings. The molecular weight excluding hydrogens is 272 g/mol. The van der Waals surface area contributed by atoms with Gasteiger partial charge in [0.05, 0.1) is 11.4 Å². The van der Waals surface area contributed by atoms with E-state index in [1.54, 1.807) is 11.3 Å². The second-order valence-electron chi connectivity index (χ2n) is 4.84. The van der Waals surface area contributed by atoms with Gasteiger partial charge in [0.2, 0.25) is 0 Å². The van der Waals surface area contributed by atoms with E-state index in [2.05, 4.69) is 4.98 Å². The van der Waals surface area contributed by atoms with Crippen molar-refractivity contribution in [2.24, 2.45) is 0 Å². The number of carboxylic acid groups (broad SMARTS) is 1. The number of carbonyl (C=O) groups is 1. The van der Waals surface area contributed by atoms with Gasteiger partial charge in [0.25, 0.3) is 0 Å². The second kappa shape index (κ2) is 4.45. The zero-order valence-electron chi connectivity index (χ0n) is 11.5. The molecule has 2 heterocycles. The van der Waals surface area contributed by atoms with Gasteiger partial charge in [0.1, 0.15) is 0 Å². The summed E-state index contributed by atoms with van der Waals surface area (Å²) in [4.78, 5) is 17.6. The lowest BCUT2D eigenvalue weighted by Crippen LogP contribution is -2.04. The maximum atomic E-state index is 11.5. The number of rotatable bonds is 2. The quantitative estimate of drug-likeness (QED) is 0.781. The van der Waals surface area contributed by atoms with Crippen LogP contribution in [0.25, 0.3) is 16.2 Å². The van der Waals surface area contributed by atoms with E-state index in [0.29, 0.717) is 5.69 Å². The molecule has 0 unspecified atom stereocenters. The smallest absolute Gasteiger partial charge is 0.354 e. The van der Waals surface area contributed by atoms with E-state index >= 15 is 0 Å². The summed E-state index contributed by atoms with van der Waals surface area (Å²) in [5.41, 5.74) is 3.91. The Hall–Kier alpha value is -2.14. The summed E-state index contributed by atoms with van der Waals surface area (Å²) in [6, 6.07) is 8.10. The van der Waals surface area contributed by atoms with Crippen LogP contribution in [0.3, 0.4) is 0 Å². The van der Waals surface area contributed by atoms with Crippen LogP contribution in [0.2, 0.25) is 0 Å². The molecule has 0 amide bonds. The van der Waals surface area contributed by atoms with Gasteiger partial charge in [-0.1, -0.05) is 29.8 Å². The minimum atomic E-state index is -0.943. The monoisotopic (exact) mass is 286 g/mol. The average molecular weight is 286 g/mol. The van der Waals surface area contributed by atoms with Gasteiger partial charge in [-0.2, -0.15) is 0 Å². The van der Waals surface area contributed by atoms with E-state index < -0.39 is 5.97 Å². The predicted octanol–water partition coefficient (Wildman–Crippen LogP) is 3.69. The van der Waals surface area contributed by atoms with Crippen molar-refractivity contribution in [3.05, 3.63) is 46.1 Å². The highest BCUT2D eigenvalue weighted by molar-refractivity contribution is 7.17. The molecule has 0 spiro atoms. The Morgan fingerprint density at radius 1 is 1.20 bits per heavy atom. The molecule has 0 atom stereocenters. The van der Waals surface area contributed by atoms with Crippen LogP contribution in [-0.2, 0) is 0 Å². The first-order chi connectivity index (χ1) is 9.49. The van der Waals surface area contributed by atoms with Crippen molar-refractivity contribution in [1.29, 1.82) is 0 Å². The summed E-state index contributed by atoms with van der Waals surface area (Å²) >= 11 is 1.52. The number of carboxylic acids is 1. The number of hydrogen-bond acceptors (Lipinski definition) is 3. The van der Waals surface area contributed by atoms with Gasteiger partial charge in [0.15, 0.2) is 10.7 Å². The van der Waals surface area contributed by atoms with E-state index in [1.165, 1.54) is 16.9 Å². The fourth-order valence-corrected chi connectivity index (χ4v) is 3.45. The van der Waals surface area contributed by atoms with Gasteiger partial charge in [0, 0.05) is 4.88 Å². The molecule has 0 bridgehead atoms. The molecule has 0 saturated heterocycles. The fourth-order valence-electron chi connectivity index (χ4n) is 2.42. The number of aromatic carboxylic acids is 1. The van der Waals surface area contributed by atoms with Gasteiger partial charge in [-0.05, 0) is 26.3 Å². The summed E-state index contributed by atoms with van der Waals surface area (Å²) in [5, 5.41) is 9.42. The van der Waals surface area contributed by atoms with Crippen LogP contribution in [0, 0.1) is 20.8 Å². The molecule has 102 valence electrons. The van der Waals surface area contributed by atoms with Crippen molar-refractivity contribution in [1.82, 2.24) is 9.38 Å². The van der Waals surface area contributed by atoms with Crippen LogP contribution in [-0.4, -0.2) is 20.5 Å². The van der Waals surface area contributed by atoms with E-state index in [4.69, 9.17) is 0 Å². The lowest BCUT2D eigenvalue weighted by Gasteiger charge is -2.05. The third-order valence-electron chi connectivity index (χ3n) is 3.35. The Labute approximate surface area is 120 Å². The van der Waals surface area contributed by atoms with E-state index in [9.17, 15) is 9.90 Å². The first-order valence-corrected chi connectivity index (χ1v) is 7.09. The molecule has 1 aromatic carbocycles. The summed E-state index contributed by atoms with van der Waals surface area (Å²) in [6.45, 7) is 5.76. The number of fused-ring (bicyclic) bond motifs is 1. The van der Waals surface area contributed by atoms with Crippen LogP contribution >= 0.6 is 11.3 Å². The Kier molecular flexibility index (Phi) is 2.87. The number of aryl methyl sites for hydroxylation is 3. The van der Waals surface area contributed by atoms with Gasteiger partial charge < -0.3 is 5.11 Å². The third-order valence-corrected chi connectivity index (χ3v) is 4.31. The van der Waals surface area contributed by atoms with Crippen LogP contribution in [0.15, 0.2) is 24.3 Å². The van der Waals surface area contributed by atoms with Crippen LogP contribution in [0.5, 0.6) is 0 Å². The average Bonchev–Trinajstić information content (AvgIpc) is 2.83. The number of benzene rings is 1. The number of nitrogens with zero attached hydrogens (tertiary/aromatic N) is 2. The lowest BCUT2D eigenvalue weighted by atomic mass is 10.1. The Morgan fingerprint density at radius 2 is 1.85 bits per heavy atom. The van der Waals surface area contributed by atoms with E-state index in [1.807, 2.05) is 38.1 Å². The molecular formula is C15H14N2O2S. The molecule has 0 aliphatic heterocycles. The largest absolute Gasteiger partial charge is 0.477 e. The molecule has 2 aromatic heterocycles. The molecule has 20 heavy (non-hydrogen) atoms. The molecule has 3 rings (SSSR count). The van der Waals surface area contributed by atoms with Crippen molar-refractivity contribution in [2.45, 2.75) is 20.8 Å². The molecule has 0 aliphatic carbocycles. The zero-order chi connectivity index (χ0) is 14.4. The van der Waals surface area contributed by atoms with Crippen LogP contribution < -0.4 is 0 Å².